The van der Waals surface area contributed by atoms with Gasteiger partial charge in [0, 0.05) is 29.4 Å². The van der Waals surface area contributed by atoms with Crippen LogP contribution in [0.15, 0.2) is 53.6 Å². The minimum absolute atomic E-state index is 0.0989. The highest BCUT2D eigenvalue weighted by molar-refractivity contribution is 6.31. The number of aromatic nitrogens is 3. The molecule has 2 aromatic heterocycles. The molecule has 0 aliphatic rings. The largest absolute Gasteiger partial charge is 0.326 e. The third-order valence-corrected chi connectivity index (χ3v) is 5.84. The van der Waals surface area contributed by atoms with Crippen LogP contribution < -0.4 is 10.9 Å². The molecule has 8 heteroatoms. The van der Waals surface area contributed by atoms with Crippen molar-refractivity contribution in [3.63, 3.8) is 0 Å². The lowest BCUT2D eigenvalue weighted by atomic mass is 10.2. The molecule has 0 fully saturated rings. The number of rotatable bonds is 5. The van der Waals surface area contributed by atoms with Gasteiger partial charge in [0.1, 0.15) is 5.82 Å². The average molecular weight is 453 g/mol. The molecule has 0 radical (unpaired) electrons. The molecule has 0 unspecified atom stereocenters. The van der Waals surface area contributed by atoms with Crippen LogP contribution in [0.1, 0.15) is 23.2 Å². The van der Waals surface area contributed by atoms with E-state index in [0.717, 1.165) is 16.8 Å². The molecule has 32 heavy (non-hydrogen) atoms. The van der Waals surface area contributed by atoms with Crippen LogP contribution in [0.5, 0.6) is 0 Å². The van der Waals surface area contributed by atoms with E-state index < -0.39 is 0 Å². The molecule has 1 amide bonds. The molecule has 6 nitrogen and oxygen atoms in total. The number of nitrogens with one attached hydrogen (secondary N) is 1. The van der Waals surface area contributed by atoms with Crippen LogP contribution in [0.4, 0.5) is 10.1 Å². The summed E-state index contributed by atoms with van der Waals surface area (Å²) in [6, 6.07) is 11.4. The zero-order valence-corrected chi connectivity index (χ0v) is 18.7. The first-order valence-electron chi connectivity index (χ1n) is 10.1. The molecule has 1 N–H and O–H groups in total. The summed E-state index contributed by atoms with van der Waals surface area (Å²) < 4.78 is 17.0. The highest BCUT2D eigenvalue weighted by atomic mass is 35.5. The zero-order valence-electron chi connectivity index (χ0n) is 17.9. The van der Waals surface area contributed by atoms with E-state index in [-0.39, 0.29) is 30.2 Å². The summed E-state index contributed by atoms with van der Waals surface area (Å²) in [5, 5.41) is 3.82. The highest BCUT2D eigenvalue weighted by Gasteiger charge is 2.18. The zero-order chi connectivity index (χ0) is 23.0. The van der Waals surface area contributed by atoms with Crippen molar-refractivity contribution in [1.82, 2.24) is 14.1 Å². The summed E-state index contributed by atoms with van der Waals surface area (Å²) in [7, 11) is 0. The Kier molecular flexibility index (Phi) is 5.84. The normalized spacial score (nSPS) is 11.2. The SMILES string of the molecule is Cc1ccc(Cl)cc1NC(=O)CCn1cnc2c(c(C)c(C)n2-c2cccc(F)c2)c1=O. The first kappa shape index (κ1) is 21.8. The third-order valence-electron chi connectivity index (χ3n) is 5.60. The van der Waals surface area contributed by atoms with Crippen LogP contribution in [0.3, 0.4) is 0 Å². The molecule has 2 heterocycles. The van der Waals surface area contributed by atoms with Crippen molar-refractivity contribution < 1.29 is 9.18 Å². The maximum absolute atomic E-state index is 13.8. The lowest BCUT2D eigenvalue weighted by Crippen LogP contribution is -2.24. The molecular weight excluding hydrogens is 431 g/mol. The van der Waals surface area contributed by atoms with Gasteiger partial charge >= 0.3 is 0 Å². The van der Waals surface area contributed by atoms with Gasteiger partial charge in [-0.25, -0.2) is 9.37 Å². The predicted octanol–water partition coefficient (Wildman–Crippen LogP) is 4.93. The first-order valence-corrected chi connectivity index (χ1v) is 10.5. The molecule has 0 saturated carbocycles. The number of benzene rings is 2. The van der Waals surface area contributed by atoms with E-state index in [2.05, 4.69) is 10.3 Å². The second-order valence-corrected chi connectivity index (χ2v) is 8.16. The van der Waals surface area contributed by atoms with E-state index in [1.807, 2.05) is 26.8 Å². The molecule has 0 spiro atoms. The molecule has 2 aromatic carbocycles. The van der Waals surface area contributed by atoms with E-state index in [4.69, 9.17) is 11.6 Å². The van der Waals surface area contributed by atoms with Gasteiger partial charge in [0.25, 0.3) is 5.56 Å². The number of hydrogen-bond donors (Lipinski definition) is 1. The second-order valence-electron chi connectivity index (χ2n) is 7.72. The van der Waals surface area contributed by atoms with E-state index in [1.54, 1.807) is 28.8 Å². The van der Waals surface area contributed by atoms with Gasteiger partial charge in [0.05, 0.1) is 17.4 Å². The molecule has 0 saturated heterocycles. The fourth-order valence-corrected chi connectivity index (χ4v) is 3.91. The quantitative estimate of drug-likeness (QED) is 0.466. The van der Waals surface area contributed by atoms with Crippen molar-refractivity contribution in [1.29, 1.82) is 0 Å². The Labute approximate surface area is 189 Å². The van der Waals surface area contributed by atoms with E-state index in [0.29, 0.717) is 27.4 Å². The summed E-state index contributed by atoms with van der Waals surface area (Å²) in [4.78, 5) is 30.1. The van der Waals surface area contributed by atoms with Crippen LogP contribution in [-0.2, 0) is 11.3 Å². The summed E-state index contributed by atoms with van der Waals surface area (Å²) in [5.74, 6) is -0.594. The van der Waals surface area contributed by atoms with Gasteiger partial charge in [-0.1, -0.05) is 23.7 Å². The van der Waals surface area contributed by atoms with Crippen LogP contribution >= 0.6 is 11.6 Å². The molecular formula is C24H22ClFN4O2. The number of hydrogen-bond acceptors (Lipinski definition) is 3. The van der Waals surface area contributed by atoms with Crippen LogP contribution in [0, 0.1) is 26.6 Å². The summed E-state index contributed by atoms with van der Waals surface area (Å²) in [6.07, 6.45) is 1.53. The van der Waals surface area contributed by atoms with Crippen molar-refractivity contribution >= 4 is 34.2 Å². The molecule has 0 aliphatic carbocycles. The Balaban J connectivity index is 1.62. The maximum atomic E-state index is 13.8. The van der Waals surface area contributed by atoms with Gasteiger partial charge in [-0.15, -0.1) is 0 Å². The summed E-state index contributed by atoms with van der Waals surface area (Å²) >= 11 is 6.00. The number of carbonyl (C=O) groups excluding carboxylic acids is 1. The lowest BCUT2D eigenvalue weighted by molar-refractivity contribution is -0.116. The minimum atomic E-state index is -0.365. The number of fused-ring (bicyclic) bond motifs is 1. The molecule has 4 rings (SSSR count). The number of aryl methyl sites for hydroxylation is 3. The van der Waals surface area contributed by atoms with Gasteiger partial charge < -0.3 is 5.32 Å². The first-order chi connectivity index (χ1) is 15.3. The number of amides is 1. The fourth-order valence-electron chi connectivity index (χ4n) is 3.74. The van der Waals surface area contributed by atoms with Gasteiger partial charge in [0.15, 0.2) is 5.65 Å². The van der Waals surface area contributed by atoms with Crippen LogP contribution in [0.2, 0.25) is 5.02 Å². The number of nitrogens with zero attached hydrogens (tertiary/aromatic N) is 3. The Bertz CT molecular complexity index is 1410. The van der Waals surface area contributed by atoms with E-state index in [9.17, 15) is 14.0 Å². The molecule has 0 atom stereocenters. The smallest absolute Gasteiger partial charge is 0.263 e. The van der Waals surface area contributed by atoms with Crippen LogP contribution in [-0.4, -0.2) is 20.0 Å². The van der Waals surface area contributed by atoms with Crippen LogP contribution in [0.25, 0.3) is 16.7 Å². The van der Waals surface area contributed by atoms with Gasteiger partial charge in [-0.3, -0.25) is 18.7 Å². The van der Waals surface area contributed by atoms with Crippen molar-refractivity contribution in [3.05, 3.63) is 86.8 Å². The van der Waals surface area contributed by atoms with Crippen molar-refractivity contribution in [3.8, 4) is 5.69 Å². The molecule has 4 aromatic rings. The highest BCUT2D eigenvalue weighted by Crippen LogP contribution is 2.25. The van der Waals surface area contributed by atoms with Gasteiger partial charge in [-0.2, -0.15) is 0 Å². The number of carbonyl (C=O) groups is 1. The maximum Gasteiger partial charge on any atom is 0.263 e. The topological polar surface area (TPSA) is 68.9 Å². The van der Waals surface area contributed by atoms with E-state index in [1.165, 1.54) is 23.0 Å². The lowest BCUT2D eigenvalue weighted by Gasteiger charge is -2.10. The van der Waals surface area contributed by atoms with Gasteiger partial charge in [-0.05, 0) is 62.2 Å². The average Bonchev–Trinajstić information content (AvgIpc) is 3.01. The second kappa shape index (κ2) is 8.59. The Morgan fingerprint density at radius 3 is 2.69 bits per heavy atom. The summed E-state index contributed by atoms with van der Waals surface area (Å²) in [5.41, 5.74) is 3.94. The molecule has 164 valence electrons. The number of anilines is 1. The third kappa shape index (κ3) is 4.03. The monoisotopic (exact) mass is 452 g/mol. The standard InChI is InChI=1S/C24H22ClFN4O2/c1-14-7-8-17(25)11-20(14)28-21(31)9-10-29-13-27-23-22(24(29)32)15(2)16(3)30(23)19-6-4-5-18(26)12-19/h4-8,11-13H,9-10H2,1-3H3,(H,28,31). The minimum Gasteiger partial charge on any atom is -0.326 e. The molecule has 0 bridgehead atoms. The fraction of sp³-hybridized carbons (Fsp3) is 0.208. The van der Waals surface area contributed by atoms with Gasteiger partial charge in [0.2, 0.25) is 5.91 Å². The predicted molar refractivity (Wildman–Crippen MR) is 124 cm³/mol. The summed E-state index contributed by atoms with van der Waals surface area (Å²) in [6.45, 7) is 5.77. The van der Waals surface area contributed by atoms with Crippen molar-refractivity contribution in [2.24, 2.45) is 0 Å². The van der Waals surface area contributed by atoms with E-state index >= 15 is 0 Å². The Hall–Kier alpha value is -3.45. The molecule has 0 aliphatic heterocycles. The van der Waals surface area contributed by atoms with Crippen molar-refractivity contribution in [2.75, 3.05) is 5.32 Å². The number of halogens is 2. The Morgan fingerprint density at radius 1 is 1.16 bits per heavy atom. The Morgan fingerprint density at radius 2 is 1.94 bits per heavy atom. The van der Waals surface area contributed by atoms with Crippen molar-refractivity contribution in [2.45, 2.75) is 33.7 Å².